The topological polar surface area (TPSA) is 0 Å². The maximum absolute atomic E-state index is 2.35. The number of hydrogen-bond donors (Lipinski definition) is 0. The van der Waals surface area contributed by atoms with Gasteiger partial charge in [0, 0.05) is 0 Å². The van der Waals surface area contributed by atoms with E-state index in [1.807, 2.05) is 0 Å². The van der Waals surface area contributed by atoms with Gasteiger partial charge in [-0.2, -0.15) is 0 Å². The maximum atomic E-state index is 2.35. The summed E-state index contributed by atoms with van der Waals surface area (Å²) in [5, 5.41) is 0. The van der Waals surface area contributed by atoms with E-state index in [0.717, 1.165) is 0 Å². The number of hydrogen-bond acceptors (Lipinski definition) is 0. The molecule has 0 bridgehead atoms. The first-order chi connectivity index (χ1) is 7.17. The van der Waals surface area contributed by atoms with Gasteiger partial charge in [0.15, 0.2) is 0 Å². The Hall–Kier alpha value is -0.780. The first-order valence-corrected chi connectivity index (χ1v) is 6.12. The molecule has 0 aliphatic carbocycles. The van der Waals surface area contributed by atoms with Crippen LogP contribution in [-0.2, 0) is 0 Å². The Morgan fingerprint density at radius 1 is 1.00 bits per heavy atom. The van der Waals surface area contributed by atoms with E-state index in [2.05, 4.69) is 58.4 Å². The fraction of sp³-hybridized carbons (Fsp3) is 0.533. The Kier molecular flexibility index (Phi) is 4.87. The van der Waals surface area contributed by atoms with Crippen molar-refractivity contribution in [1.82, 2.24) is 0 Å². The van der Waals surface area contributed by atoms with Gasteiger partial charge in [-0.05, 0) is 35.8 Å². The molecule has 1 aromatic carbocycles. The summed E-state index contributed by atoms with van der Waals surface area (Å²) in [6.07, 6.45) is 4.78. The molecule has 0 aromatic heterocycles. The SMILES string of the molecule is CCC(C)[CH]c1ccc(C(C)CC)cc1. The molecule has 0 aliphatic heterocycles. The van der Waals surface area contributed by atoms with E-state index in [1.165, 1.54) is 24.0 Å². The molecule has 2 unspecified atom stereocenters. The molecule has 83 valence electrons. The van der Waals surface area contributed by atoms with Crippen molar-refractivity contribution in [3.63, 3.8) is 0 Å². The fourth-order valence-electron chi connectivity index (χ4n) is 1.62. The molecular weight excluding hydrogens is 180 g/mol. The molecule has 0 amide bonds. The highest BCUT2D eigenvalue weighted by Crippen LogP contribution is 2.21. The Morgan fingerprint density at radius 3 is 2.07 bits per heavy atom. The summed E-state index contributed by atoms with van der Waals surface area (Å²) in [5.41, 5.74) is 2.82. The highest BCUT2D eigenvalue weighted by molar-refractivity contribution is 5.29. The molecule has 1 radical (unpaired) electrons. The minimum Gasteiger partial charge on any atom is -0.0651 e. The molecule has 0 heterocycles. The predicted molar refractivity (Wildman–Crippen MR) is 68.0 cm³/mol. The van der Waals surface area contributed by atoms with E-state index in [1.54, 1.807) is 0 Å². The van der Waals surface area contributed by atoms with E-state index >= 15 is 0 Å². The van der Waals surface area contributed by atoms with Gasteiger partial charge in [0.05, 0.1) is 0 Å². The maximum Gasteiger partial charge on any atom is -0.00649 e. The van der Waals surface area contributed by atoms with Crippen LogP contribution in [-0.4, -0.2) is 0 Å². The summed E-state index contributed by atoms with van der Waals surface area (Å²) in [4.78, 5) is 0. The molecular formula is C15H23. The molecule has 1 aromatic rings. The van der Waals surface area contributed by atoms with Crippen LogP contribution in [0.25, 0.3) is 0 Å². The fourth-order valence-corrected chi connectivity index (χ4v) is 1.62. The van der Waals surface area contributed by atoms with Crippen molar-refractivity contribution < 1.29 is 0 Å². The minimum absolute atomic E-state index is 0.680. The summed E-state index contributed by atoms with van der Waals surface area (Å²) in [5.74, 6) is 1.36. The van der Waals surface area contributed by atoms with Crippen LogP contribution in [0.15, 0.2) is 24.3 Å². The predicted octanol–water partition coefficient (Wildman–Crippen LogP) is 4.80. The van der Waals surface area contributed by atoms with E-state index in [4.69, 9.17) is 0 Å². The van der Waals surface area contributed by atoms with Gasteiger partial charge in [0.25, 0.3) is 0 Å². The van der Waals surface area contributed by atoms with E-state index < -0.39 is 0 Å². The van der Waals surface area contributed by atoms with Crippen molar-refractivity contribution in [1.29, 1.82) is 0 Å². The number of rotatable bonds is 5. The Bertz CT molecular complexity index is 271. The summed E-state index contributed by atoms with van der Waals surface area (Å²) < 4.78 is 0. The Morgan fingerprint density at radius 2 is 1.60 bits per heavy atom. The molecule has 0 saturated heterocycles. The smallest absolute Gasteiger partial charge is 0.00649 e. The van der Waals surface area contributed by atoms with Gasteiger partial charge < -0.3 is 0 Å². The first kappa shape index (κ1) is 12.3. The molecule has 0 aliphatic rings. The molecule has 0 spiro atoms. The lowest BCUT2D eigenvalue weighted by Crippen LogP contribution is -1.96. The van der Waals surface area contributed by atoms with Crippen molar-refractivity contribution in [2.24, 2.45) is 5.92 Å². The summed E-state index contributed by atoms with van der Waals surface area (Å²) >= 11 is 0. The third kappa shape index (κ3) is 3.70. The van der Waals surface area contributed by atoms with E-state index in [0.29, 0.717) is 11.8 Å². The van der Waals surface area contributed by atoms with Gasteiger partial charge in [0.1, 0.15) is 0 Å². The second-order valence-corrected chi connectivity index (χ2v) is 4.53. The van der Waals surface area contributed by atoms with Crippen LogP contribution in [0, 0.1) is 12.3 Å². The van der Waals surface area contributed by atoms with Crippen LogP contribution in [0.4, 0.5) is 0 Å². The largest absolute Gasteiger partial charge is 0.0651 e. The minimum atomic E-state index is 0.680. The Labute approximate surface area is 94.7 Å². The van der Waals surface area contributed by atoms with Crippen molar-refractivity contribution >= 4 is 0 Å². The molecule has 2 atom stereocenters. The lowest BCUT2D eigenvalue weighted by atomic mass is 9.94. The standard InChI is InChI=1S/C15H23/c1-5-12(3)11-14-7-9-15(10-8-14)13(4)6-2/h7-13H,5-6H2,1-4H3. The summed E-state index contributed by atoms with van der Waals surface area (Å²) in [7, 11) is 0. The summed E-state index contributed by atoms with van der Waals surface area (Å²) in [6, 6.07) is 9.02. The van der Waals surface area contributed by atoms with Crippen LogP contribution >= 0.6 is 0 Å². The van der Waals surface area contributed by atoms with Gasteiger partial charge >= 0.3 is 0 Å². The molecule has 0 nitrogen and oxygen atoms in total. The monoisotopic (exact) mass is 203 g/mol. The molecule has 0 heteroatoms. The van der Waals surface area contributed by atoms with Crippen LogP contribution < -0.4 is 0 Å². The van der Waals surface area contributed by atoms with Gasteiger partial charge in [-0.1, -0.05) is 58.4 Å². The van der Waals surface area contributed by atoms with Crippen molar-refractivity contribution in [3.05, 3.63) is 41.8 Å². The zero-order valence-corrected chi connectivity index (χ0v) is 10.5. The highest BCUT2D eigenvalue weighted by atomic mass is 14.1. The Balaban J connectivity index is 2.64. The van der Waals surface area contributed by atoms with Crippen LogP contribution in [0.1, 0.15) is 57.6 Å². The normalized spacial score (nSPS) is 14.9. The third-order valence-corrected chi connectivity index (χ3v) is 3.24. The van der Waals surface area contributed by atoms with Crippen LogP contribution in [0.2, 0.25) is 0 Å². The van der Waals surface area contributed by atoms with E-state index in [9.17, 15) is 0 Å². The number of benzene rings is 1. The van der Waals surface area contributed by atoms with Crippen LogP contribution in [0.5, 0.6) is 0 Å². The van der Waals surface area contributed by atoms with Gasteiger partial charge in [-0.3, -0.25) is 0 Å². The molecule has 0 N–H and O–H groups in total. The lowest BCUT2D eigenvalue weighted by Gasteiger charge is -2.11. The lowest BCUT2D eigenvalue weighted by molar-refractivity contribution is 0.659. The first-order valence-electron chi connectivity index (χ1n) is 6.12. The highest BCUT2D eigenvalue weighted by Gasteiger charge is 2.04. The average Bonchev–Trinajstić information content (AvgIpc) is 2.29. The van der Waals surface area contributed by atoms with Crippen molar-refractivity contribution in [2.75, 3.05) is 0 Å². The summed E-state index contributed by atoms with van der Waals surface area (Å²) in [6.45, 7) is 9.02. The average molecular weight is 203 g/mol. The van der Waals surface area contributed by atoms with E-state index in [-0.39, 0.29) is 0 Å². The second-order valence-electron chi connectivity index (χ2n) is 4.53. The molecule has 15 heavy (non-hydrogen) atoms. The molecule has 1 rings (SSSR count). The van der Waals surface area contributed by atoms with Crippen molar-refractivity contribution in [2.45, 2.75) is 46.5 Å². The third-order valence-electron chi connectivity index (χ3n) is 3.24. The zero-order valence-electron chi connectivity index (χ0n) is 10.5. The van der Waals surface area contributed by atoms with Crippen molar-refractivity contribution in [3.8, 4) is 0 Å². The second kappa shape index (κ2) is 5.95. The van der Waals surface area contributed by atoms with Gasteiger partial charge in [-0.25, -0.2) is 0 Å². The van der Waals surface area contributed by atoms with Gasteiger partial charge in [-0.15, -0.1) is 0 Å². The molecule has 0 fully saturated rings. The molecule has 0 saturated carbocycles. The van der Waals surface area contributed by atoms with Gasteiger partial charge in [0.2, 0.25) is 0 Å². The zero-order chi connectivity index (χ0) is 11.3. The quantitative estimate of drug-likeness (QED) is 0.645. The van der Waals surface area contributed by atoms with Crippen LogP contribution in [0.3, 0.4) is 0 Å².